The number of sulfonamides is 1. The Morgan fingerprint density at radius 2 is 1.77 bits per heavy atom. The summed E-state index contributed by atoms with van der Waals surface area (Å²) >= 11 is 0. The fourth-order valence-corrected chi connectivity index (χ4v) is 3.90. The maximum absolute atomic E-state index is 12.8. The molecule has 0 spiro atoms. The molecule has 0 bridgehead atoms. The third-order valence-corrected chi connectivity index (χ3v) is 5.60. The van der Waals surface area contributed by atoms with Crippen LogP contribution < -0.4 is 14.8 Å². The van der Waals surface area contributed by atoms with E-state index in [-0.39, 0.29) is 23.8 Å². The molecule has 2 N–H and O–H groups in total. The van der Waals surface area contributed by atoms with Crippen molar-refractivity contribution in [2.75, 3.05) is 26.9 Å². The summed E-state index contributed by atoms with van der Waals surface area (Å²) in [7, 11) is -2.40. The molecule has 0 fully saturated rings. The van der Waals surface area contributed by atoms with E-state index in [4.69, 9.17) is 18.6 Å². The molecular formula is C20H28N2O7S. The summed E-state index contributed by atoms with van der Waals surface area (Å²) in [6, 6.07) is 8.30. The Balaban J connectivity index is 2.08. The van der Waals surface area contributed by atoms with E-state index in [1.807, 2.05) is 13.8 Å². The minimum atomic E-state index is -3.90. The van der Waals surface area contributed by atoms with Gasteiger partial charge in [0, 0.05) is 13.2 Å². The van der Waals surface area contributed by atoms with E-state index in [1.165, 1.54) is 25.5 Å². The van der Waals surface area contributed by atoms with Crippen LogP contribution in [-0.2, 0) is 24.3 Å². The number of nitrogens with one attached hydrogen (secondary N) is 2. The van der Waals surface area contributed by atoms with Crippen molar-refractivity contribution in [1.29, 1.82) is 0 Å². The Morgan fingerprint density at radius 3 is 2.30 bits per heavy atom. The predicted molar refractivity (Wildman–Crippen MR) is 109 cm³/mol. The quantitative estimate of drug-likeness (QED) is 0.459. The van der Waals surface area contributed by atoms with Gasteiger partial charge in [-0.2, -0.15) is 4.72 Å². The fraction of sp³-hybridized carbons (Fsp3) is 0.450. The van der Waals surface area contributed by atoms with Crippen LogP contribution in [0.15, 0.2) is 52.0 Å². The Kier molecular flexibility index (Phi) is 9.31. The van der Waals surface area contributed by atoms with E-state index < -0.39 is 22.4 Å². The summed E-state index contributed by atoms with van der Waals surface area (Å²) in [6.07, 6.45) is 0.692. The van der Waals surface area contributed by atoms with Gasteiger partial charge >= 0.3 is 0 Å². The largest absolute Gasteiger partial charge is 0.497 e. The van der Waals surface area contributed by atoms with Gasteiger partial charge in [-0.25, -0.2) is 8.42 Å². The topological polar surface area (TPSA) is 116 Å². The van der Waals surface area contributed by atoms with Gasteiger partial charge in [0.05, 0.1) is 37.3 Å². The van der Waals surface area contributed by atoms with Gasteiger partial charge < -0.3 is 23.9 Å². The first-order valence-corrected chi connectivity index (χ1v) is 11.1. The van der Waals surface area contributed by atoms with Crippen LogP contribution in [0, 0.1) is 0 Å². The third kappa shape index (κ3) is 7.13. The Bertz CT molecular complexity index is 861. The lowest BCUT2D eigenvalue weighted by molar-refractivity contribution is -0.140. The summed E-state index contributed by atoms with van der Waals surface area (Å²) in [5.41, 5.74) is 0. The summed E-state index contributed by atoms with van der Waals surface area (Å²) < 4.78 is 49.3. The molecule has 30 heavy (non-hydrogen) atoms. The molecule has 0 aliphatic carbocycles. The molecule has 166 valence electrons. The molecule has 0 saturated heterocycles. The first kappa shape index (κ1) is 23.9. The number of benzene rings is 1. The van der Waals surface area contributed by atoms with Crippen molar-refractivity contribution in [3.05, 3.63) is 48.4 Å². The molecular weight excluding hydrogens is 412 g/mol. The minimum absolute atomic E-state index is 0.0491. The highest BCUT2D eigenvalue weighted by molar-refractivity contribution is 7.89. The van der Waals surface area contributed by atoms with Gasteiger partial charge in [0.2, 0.25) is 15.9 Å². The van der Waals surface area contributed by atoms with Crippen molar-refractivity contribution in [1.82, 2.24) is 10.0 Å². The number of amides is 1. The van der Waals surface area contributed by atoms with Crippen LogP contribution in [0.5, 0.6) is 5.75 Å². The lowest BCUT2D eigenvalue weighted by Gasteiger charge is -2.19. The van der Waals surface area contributed by atoms with Gasteiger partial charge in [-0.1, -0.05) is 0 Å². The summed E-state index contributed by atoms with van der Waals surface area (Å²) in [5, 5.41) is 2.70. The van der Waals surface area contributed by atoms with Gasteiger partial charge in [-0.15, -0.1) is 0 Å². The maximum Gasteiger partial charge on any atom is 0.241 e. The lowest BCUT2D eigenvalue weighted by Crippen LogP contribution is -2.38. The monoisotopic (exact) mass is 440 g/mol. The molecule has 9 nitrogen and oxygen atoms in total. The highest BCUT2D eigenvalue weighted by Crippen LogP contribution is 2.22. The Hall–Kier alpha value is -2.40. The van der Waals surface area contributed by atoms with Crippen molar-refractivity contribution >= 4 is 15.9 Å². The van der Waals surface area contributed by atoms with E-state index >= 15 is 0 Å². The van der Waals surface area contributed by atoms with E-state index in [0.717, 1.165) is 0 Å². The van der Waals surface area contributed by atoms with Gasteiger partial charge in [0.15, 0.2) is 6.29 Å². The second-order valence-electron chi connectivity index (χ2n) is 6.21. The smallest absolute Gasteiger partial charge is 0.241 e. The van der Waals surface area contributed by atoms with Crippen LogP contribution in [0.2, 0.25) is 0 Å². The zero-order valence-electron chi connectivity index (χ0n) is 17.3. The molecule has 2 aromatic rings. The molecule has 1 aromatic heterocycles. The van der Waals surface area contributed by atoms with Crippen LogP contribution >= 0.6 is 0 Å². The second-order valence-corrected chi connectivity index (χ2v) is 7.93. The number of hydrogen-bond acceptors (Lipinski definition) is 7. The van der Waals surface area contributed by atoms with Gasteiger partial charge in [-0.05, 0) is 50.2 Å². The zero-order valence-corrected chi connectivity index (χ0v) is 18.1. The van der Waals surface area contributed by atoms with Crippen molar-refractivity contribution < 1.29 is 31.8 Å². The Morgan fingerprint density at radius 1 is 1.10 bits per heavy atom. The number of carbonyl (C=O) groups is 1. The van der Waals surface area contributed by atoms with Gasteiger partial charge in [0.25, 0.3) is 0 Å². The van der Waals surface area contributed by atoms with Crippen LogP contribution in [0.4, 0.5) is 0 Å². The van der Waals surface area contributed by atoms with Crippen LogP contribution in [0.25, 0.3) is 0 Å². The molecule has 1 atom stereocenters. The highest BCUT2D eigenvalue weighted by atomic mass is 32.2. The average molecular weight is 441 g/mol. The summed E-state index contributed by atoms with van der Waals surface area (Å²) in [4.78, 5) is 12.5. The molecule has 1 amide bonds. The van der Waals surface area contributed by atoms with Gasteiger partial charge in [0.1, 0.15) is 11.5 Å². The van der Waals surface area contributed by atoms with Crippen molar-refractivity contribution in [3.8, 4) is 5.75 Å². The standard InChI is InChI=1S/C20H28N2O7S/c1-4-27-20(28-5-2)14-21-19(23)13-17(18-7-6-12-29-18)22-30(24,25)16-10-8-15(26-3)9-11-16/h6-12,17,20,22H,4-5,13-14H2,1-3H3,(H,21,23)/t17-/m1/s1. The Labute approximate surface area is 176 Å². The lowest BCUT2D eigenvalue weighted by atomic mass is 10.1. The minimum Gasteiger partial charge on any atom is -0.497 e. The average Bonchev–Trinajstić information content (AvgIpc) is 3.27. The van der Waals surface area contributed by atoms with Gasteiger partial charge in [-0.3, -0.25) is 4.79 Å². The molecule has 10 heteroatoms. The van der Waals surface area contributed by atoms with E-state index in [1.54, 1.807) is 24.3 Å². The first-order valence-electron chi connectivity index (χ1n) is 9.59. The highest BCUT2D eigenvalue weighted by Gasteiger charge is 2.26. The van der Waals surface area contributed by atoms with E-state index in [2.05, 4.69) is 10.0 Å². The molecule has 0 saturated carbocycles. The van der Waals surface area contributed by atoms with Crippen molar-refractivity contribution in [2.45, 2.75) is 37.5 Å². The predicted octanol–water partition coefficient (Wildman–Crippen LogP) is 2.21. The van der Waals surface area contributed by atoms with E-state index in [9.17, 15) is 13.2 Å². The number of carbonyl (C=O) groups excluding carboxylic acids is 1. The molecule has 0 radical (unpaired) electrons. The fourth-order valence-electron chi connectivity index (χ4n) is 2.69. The van der Waals surface area contributed by atoms with Crippen LogP contribution in [0.1, 0.15) is 32.1 Å². The number of hydrogen-bond donors (Lipinski definition) is 2. The molecule has 1 heterocycles. The molecule has 0 unspecified atom stereocenters. The maximum atomic E-state index is 12.8. The van der Waals surface area contributed by atoms with Crippen molar-refractivity contribution in [3.63, 3.8) is 0 Å². The first-order chi connectivity index (χ1) is 14.4. The third-order valence-electron chi connectivity index (χ3n) is 4.11. The molecule has 0 aliphatic rings. The SMILES string of the molecule is CCOC(CNC(=O)C[C@@H](NS(=O)(=O)c1ccc(OC)cc1)c1ccco1)OCC. The number of ether oxygens (including phenoxy) is 3. The number of rotatable bonds is 13. The number of methoxy groups -OCH3 is 1. The van der Waals surface area contributed by atoms with E-state index in [0.29, 0.717) is 24.7 Å². The molecule has 0 aliphatic heterocycles. The van der Waals surface area contributed by atoms with Crippen LogP contribution in [0.3, 0.4) is 0 Å². The normalized spacial score (nSPS) is 12.7. The number of furan rings is 1. The molecule has 2 rings (SSSR count). The molecule has 1 aromatic carbocycles. The van der Waals surface area contributed by atoms with Crippen LogP contribution in [-0.4, -0.2) is 47.5 Å². The summed E-state index contributed by atoms with van der Waals surface area (Å²) in [5.74, 6) is 0.487. The summed E-state index contributed by atoms with van der Waals surface area (Å²) in [6.45, 7) is 4.69. The zero-order chi connectivity index (χ0) is 22.0. The second kappa shape index (κ2) is 11.7. The van der Waals surface area contributed by atoms with Crippen molar-refractivity contribution in [2.24, 2.45) is 0 Å².